The largest absolute Gasteiger partial charge is 0.366 e. The SMILES string of the molecule is NC(=O)c1ccccc1NC(=O)c1cc2c(s1)-c1ccccc1CC2. The van der Waals surface area contributed by atoms with E-state index >= 15 is 0 Å². The number of fused-ring (bicyclic) bond motifs is 3. The monoisotopic (exact) mass is 348 g/mol. The average molecular weight is 348 g/mol. The number of para-hydroxylation sites is 1. The molecule has 0 aliphatic heterocycles. The molecule has 1 aliphatic carbocycles. The molecule has 124 valence electrons. The van der Waals surface area contributed by atoms with Gasteiger partial charge < -0.3 is 11.1 Å². The number of primary amides is 1. The first-order chi connectivity index (χ1) is 12.1. The second-order valence-electron chi connectivity index (χ2n) is 5.99. The van der Waals surface area contributed by atoms with E-state index < -0.39 is 5.91 Å². The van der Waals surface area contributed by atoms with Gasteiger partial charge in [-0.05, 0) is 47.7 Å². The van der Waals surface area contributed by atoms with Crippen LogP contribution in [0.3, 0.4) is 0 Å². The summed E-state index contributed by atoms with van der Waals surface area (Å²) in [6.07, 6.45) is 1.93. The highest BCUT2D eigenvalue weighted by Gasteiger charge is 2.22. The predicted molar refractivity (Wildman–Crippen MR) is 100 cm³/mol. The zero-order valence-corrected chi connectivity index (χ0v) is 14.2. The molecule has 0 atom stereocenters. The van der Waals surface area contributed by atoms with Crippen LogP contribution in [0.25, 0.3) is 10.4 Å². The first kappa shape index (κ1) is 15.6. The lowest BCUT2D eigenvalue weighted by Crippen LogP contribution is -2.17. The Morgan fingerprint density at radius 3 is 2.52 bits per heavy atom. The molecule has 2 amide bonds. The minimum atomic E-state index is -0.560. The molecule has 5 heteroatoms. The lowest BCUT2D eigenvalue weighted by Gasteiger charge is -2.15. The number of hydrogen-bond donors (Lipinski definition) is 2. The van der Waals surface area contributed by atoms with Crippen molar-refractivity contribution in [1.82, 2.24) is 0 Å². The van der Waals surface area contributed by atoms with Crippen LogP contribution in [0.15, 0.2) is 54.6 Å². The van der Waals surface area contributed by atoms with Crippen LogP contribution in [0.1, 0.15) is 31.2 Å². The number of nitrogens with two attached hydrogens (primary N) is 1. The van der Waals surface area contributed by atoms with E-state index in [2.05, 4.69) is 17.4 Å². The molecule has 2 aromatic carbocycles. The summed E-state index contributed by atoms with van der Waals surface area (Å²) in [6, 6.07) is 17.0. The van der Waals surface area contributed by atoms with Crippen molar-refractivity contribution in [2.75, 3.05) is 5.32 Å². The molecule has 0 saturated heterocycles. The highest BCUT2D eigenvalue weighted by molar-refractivity contribution is 7.17. The van der Waals surface area contributed by atoms with E-state index in [9.17, 15) is 9.59 Å². The number of anilines is 1. The van der Waals surface area contributed by atoms with Gasteiger partial charge in [0.25, 0.3) is 11.8 Å². The molecule has 1 heterocycles. The molecule has 0 spiro atoms. The van der Waals surface area contributed by atoms with E-state index in [1.165, 1.54) is 28.0 Å². The molecular weight excluding hydrogens is 332 g/mol. The van der Waals surface area contributed by atoms with Crippen molar-refractivity contribution < 1.29 is 9.59 Å². The summed E-state index contributed by atoms with van der Waals surface area (Å²) in [5.74, 6) is -0.777. The summed E-state index contributed by atoms with van der Waals surface area (Å²) in [4.78, 5) is 26.0. The Morgan fingerprint density at radius 1 is 0.960 bits per heavy atom. The van der Waals surface area contributed by atoms with E-state index in [0.717, 1.165) is 17.7 Å². The van der Waals surface area contributed by atoms with Gasteiger partial charge in [0.2, 0.25) is 0 Å². The van der Waals surface area contributed by atoms with Crippen molar-refractivity contribution in [3.63, 3.8) is 0 Å². The molecule has 1 aromatic heterocycles. The minimum absolute atomic E-state index is 0.217. The quantitative estimate of drug-likeness (QED) is 0.754. The normalized spacial score (nSPS) is 12.2. The fourth-order valence-electron chi connectivity index (χ4n) is 3.17. The standard InChI is InChI=1S/C20H16N2O2S/c21-19(23)15-7-3-4-8-16(15)22-20(24)17-11-13-10-9-12-5-1-2-6-14(12)18(13)25-17/h1-8,11H,9-10H2,(H2,21,23)(H,22,24). The van der Waals surface area contributed by atoms with Crippen molar-refractivity contribution in [1.29, 1.82) is 0 Å². The molecule has 4 rings (SSSR count). The Hall–Kier alpha value is -2.92. The van der Waals surface area contributed by atoms with Crippen LogP contribution in [0.5, 0.6) is 0 Å². The number of benzene rings is 2. The van der Waals surface area contributed by atoms with Crippen molar-refractivity contribution in [3.05, 3.63) is 76.2 Å². The summed E-state index contributed by atoms with van der Waals surface area (Å²) in [7, 11) is 0. The molecule has 0 saturated carbocycles. The van der Waals surface area contributed by atoms with Gasteiger partial charge in [0.05, 0.1) is 16.1 Å². The molecule has 4 nitrogen and oxygen atoms in total. The van der Waals surface area contributed by atoms with Crippen LogP contribution in [-0.4, -0.2) is 11.8 Å². The predicted octanol–water partition coefficient (Wildman–Crippen LogP) is 3.86. The maximum atomic E-state index is 12.7. The third-order valence-corrected chi connectivity index (χ3v) is 5.61. The van der Waals surface area contributed by atoms with E-state index in [1.54, 1.807) is 24.3 Å². The Kier molecular flexibility index (Phi) is 3.86. The van der Waals surface area contributed by atoms with Crippen LogP contribution in [0.4, 0.5) is 5.69 Å². The number of rotatable bonds is 3. The van der Waals surface area contributed by atoms with Gasteiger partial charge in [-0.1, -0.05) is 36.4 Å². The number of carbonyl (C=O) groups is 2. The van der Waals surface area contributed by atoms with Gasteiger partial charge >= 0.3 is 0 Å². The summed E-state index contributed by atoms with van der Waals surface area (Å²) >= 11 is 1.49. The molecule has 3 aromatic rings. The summed E-state index contributed by atoms with van der Waals surface area (Å²) in [6.45, 7) is 0. The fraction of sp³-hybridized carbons (Fsp3) is 0.100. The van der Waals surface area contributed by atoms with Gasteiger partial charge in [-0.25, -0.2) is 0 Å². The van der Waals surface area contributed by atoms with Crippen LogP contribution in [0.2, 0.25) is 0 Å². The smallest absolute Gasteiger partial charge is 0.265 e. The van der Waals surface area contributed by atoms with Gasteiger partial charge in [-0.3, -0.25) is 9.59 Å². The average Bonchev–Trinajstić information content (AvgIpc) is 3.07. The molecule has 0 unspecified atom stereocenters. The summed E-state index contributed by atoms with van der Waals surface area (Å²) in [5, 5.41) is 2.81. The topological polar surface area (TPSA) is 72.2 Å². The van der Waals surface area contributed by atoms with Gasteiger partial charge in [0.1, 0.15) is 0 Å². The van der Waals surface area contributed by atoms with Crippen molar-refractivity contribution in [3.8, 4) is 10.4 Å². The highest BCUT2D eigenvalue weighted by Crippen LogP contribution is 2.39. The lowest BCUT2D eigenvalue weighted by molar-refractivity contribution is 0.100. The second-order valence-corrected chi connectivity index (χ2v) is 7.04. The van der Waals surface area contributed by atoms with Crippen LogP contribution < -0.4 is 11.1 Å². The first-order valence-electron chi connectivity index (χ1n) is 8.04. The molecular formula is C20H16N2O2S. The third-order valence-electron chi connectivity index (χ3n) is 4.40. The Morgan fingerprint density at radius 2 is 1.68 bits per heavy atom. The number of nitrogens with one attached hydrogen (secondary N) is 1. The van der Waals surface area contributed by atoms with Crippen molar-refractivity contribution >= 4 is 28.8 Å². The molecule has 25 heavy (non-hydrogen) atoms. The minimum Gasteiger partial charge on any atom is -0.366 e. The van der Waals surface area contributed by atoms with Crippen LogP contribution in [-0.2, 0) is 12.8 Å². The fourth-order valence-corrected chi connectivity index (χ4v) is 4.34. The van der Waals surface area contributed by atoms with E-state index in [-0.39, 0.29) is 5.91 Å². The molecule has 1 aliphatic rings. The Bertz CT molecular complexity index is 991. The molecule has 3 N–H and O–H groups in total. The lowest BCUT2D eigenvalue weighted by atomic mass is 9.91. The Balaban J connectivity index is 1.66. The van der Waals surface area contributed by atoms with Crippen LogP contribution >= 0.6 is 11.3 Å². The van der Waals surface area contributed by atoms with E-state index in [0.29, 0.717) is 16.1 Å². The zero-order chi connectivity index (χ0) is 17.4. The van der Waals surface area contributed by atoms with Crippen molar-refractivity contribution in [2.24, 2.45) is 5.73 Å². The van der Waals surface area contributed by atoms with E-state index in [4.69, 9.17) is 5.73 Å². The third kappa shape index (κ3) is 2.83. The van der Waals surface area contributed by atoms with Gasteiger partial charge in [0, 0.05) is 4.88 Å². The van der Waals surface area contributed by atoms with Crippen molar-refractivity contribution in [2.45, 2.75) is 12.8 Å². The molecule has 0 radical (unpaired) electrons. The second kappa shape index (κ2) is 6.18. The van der Waals surface area contributed by atoms with Gasteiger partial charge in [-0.15, -0.1) is 11.3 Å². The first-order valence-corrected chi connectivity index (χ1v) is 8.86. The van der Waals surface area contributed by atoms with Gasteiger partial charge in [-0.2, -0.15) is 0 Å². The number of amides is 2. The summed E-state index contributed by atoms with van der Waals surface area (Å²) in [5.41, 5.74) is 9.86. The zero-order valence-electron chi connectivity index (χ0n) is 13.4. The maximum Gasteiger partial charge on any atom is 0.265 e. The number of carbonyl (C=O) groups excluding carboxylic acids is 2. The number of thiophene rings is 1. The Labute approximate surface area is 149 Å². The molecule has 0 fully saturated rings. The molecule has 0 bridgehead atoms. The van der Waals surface area contributed by atoms with E-state index in [1.807, 2.05) is 18.2 Å². The van der Waals surface area contributed by atoms with Crippen LogP contribution in [0, 0.1) is 0 Å². The summed E-state index contributed by atoms with van der Waals surface area (Å²) < 4.78 is 0. The maximum absolute atomic E-state index is 12.7. The highest BCUT2D eigenvalue weighted by atomic mass is 32.1. The number of aryl methyl sites for hydroxylation is 2. The number of hydrogen-bond acceptors (Lipinski definition) is 3. The van der Waals surface area contributed by atoms with Gasteiger partial charge in [0.15, 0.2) is 0 Å².